The minimum Gasteiger partial charge on any atom is -0.497 e. The lowest BCUT2D eigenvalue weighted by Gasteiger charge is -2.19. The molecule has 1 aliphatic heterocycles. The molecular weight excluding hydrogens is 421 g/mol. The Labute approximate surface area is 190 Å². The Hall–Kier alpha value is -3.94. The summed E-state index contributed by atoms with van der Waals surface area (Å²) in [5.41, 5.74) is 3.31. The first-order valence-corrected chi connectivity index (χ1v) is 10.9. The zero-order valence-corrected chi connectivity index (χ0v) is 18.2. The smallest absolute Gasteiger partial charge is 0.317 e. The molecule has 5 rings (SSSR count). The molecule has 0 bridgehead atoms. The van der Waals surface area contributed by atoms with Gasteiger partial charge in [0.1, 0.15) is 22.9 Å². The van der Waals surface area contributed by atoms with Gasteiger partial charge in [0.05, 0.1) is 13.2 Å². The minimum absolute atomic E-state index is 0.0434. The third kappa shape index (κ3) is 4.24. The average molecular weight is 445 g/mol. The van der Waals surface area contributed by atoms with Crippen LogP contribution in [-0.2, 0) is 6.54 Å². The molecule has 1 N–H and O–H groups in total. The number of urea groups is 1. The molecule has 2 aromatic heterocycles. The van der Waals surface area contributed by atoms with Crippen LogP contribution in [0.15, 0.2) is 66.9 Å². The van der Waals surface area contributed by atoms with Crippen LogP contribution in [0.5, 0.6) is 5.75 Å². The highest BCUT2D eigenvalue weighted by Gasteiger charge is 2.30. The lowest BCUT2D eigenvalue weighted by Crippen LogP contribution is -2.38. The van der Waals surface area contributed by atoms with Gasteiger partial charge in [-0.3, -0.25) is 0 Å². The first-order valence-electron chi connectivity index (χ1n) is 10.9. The number of carbonyl (C=O) groups is 1. The van der Waals surface area contributed by atoms with E-state index in [0.717, 1.165) is 40.3 Å². The summed E-state index contributed by atoms with van der Waals surface area (Å²) in [4.78, 5) is 24.0. The fourth-order valence-corrected chi connectivity index (χ4v) is 4.29. The fraction of sp³-hybridized carbons (Fsp3) is 0.240. The lowest BCUT2D eigenvalue weighted by molar-refractivity contribution is 0.206. The summed E-state index contributed by atoms with van der Waals surface area (Å²) in [6.45, 7) is 1.44. The summed E-state index contributed by atoms with van der Waals surface area (Å²) < 4.78 is 20.8. The molecule has 1 saturated heterocycles. The van der Waals surface area contributed by atoms with Crippen LogP contribution >= 0.6 is 0 Å². The molecule has 0 unspecified atom stereocenters. The van der Waals surface area contributed by atoms with Gasteiger partial charge in [0, 0.05) is 31.4 Å². The number of ether oxygens (including phenoxy) is 1. The largest absolute Gasteiger partial charge is 0.497 e. The standard InChI is InChI=1S/C25H24FN5O2/c1-33-21-9-7-18(8-10-21)23-29-22-6-3-12-27-24(22)31(23)20-11-13-30(16-20)25(32)28-15-17-4-2-5-19(26)14-17/h2-10,12,14,20H,11,13,15-16H2,1H3,(H,28,32)/t20-/m1/s1. The number of halogens is 1. The van der Waals surface area contributed by atoms with Crippen LogP contribution in [-0.4, -0.2) is 45.7 Å². The normalized spacial score (nSPS) is 15.7. The van der Waals surface area contributed by atoms with E-state index in [1.807, 2.05) is 36.4 Å². The van der Waals surface area contributed by atoms with Crippen molar-refractivity contribution < 1.29 is 13.9 Å². The van der Waals surface area contributed by atoms with Gasteiger partial charge in [0.2, 0.25) is 0 Å². The second-order valence-electron chi connectivity index (χ2n) is 8.06. The number of hydrogen-bond acceptors (Lipinski definition) is 4. The molecule has 168 valence electrons. The zero-order valence-electron chi connectivity index (χ0n) is 18.2. The van der Waals surface area contributed by atoms with Gasteiger partial charge < -0.3 is 19.5 Å². The van der Waals surface area contributed by atoms with Crippen LogP contribution in [0, 0.1) is 5.82 Å². The molecule has 1 aliphatic rings. The molecule has 7 nitrogen and oxygen atoms in total. The van der Waals surface area contributed by atoms with E-state index in [0.29, 0.717) is 13.1 Å². The maximum absolute atomic E-state index is 13.4. The highest BCUT2D eigenvalue weighted by molar-refractivity contribution is 5.78. The zero-order chi connectivity index (χ0) is 22.8. The lowest BCUT2D eigenvalue weighted by atomic mass is 10.2. The summed E-state index contributed by atoms with van der Waals surface area (Å²) in [6.07, 6.45) is 2.55. The van der Waals surface area contributed by atoms with Gasteiger partial charge >= 0.3 is 6.03 Å². The first-order chi connectivity index (χ1) is 16.1. The van der Waals surface area contributed by atoms with Crippen molar-refractivity contribution in [3.8, 4) is 17.1 Å². The van der Waals surface area contributed by atoms with Gasteiger partial charge in [-0.25, -0.2) is 19.2 Å². The number of aromatic nitrogens is 3. The summed E-state index contributed by atoms with van der Waals surface area (Å²) in [6, 6.07) is 17.7. The quantitative estimate of drug-likeness (QED) is 0.494. The van der Waals surface area contributed by atoms with E-state index >= 15 is 0 Å². The number of carbonyl (C=O) groups excluding carboxylic acids is 1. The maximum Gasteiger partial charge on any atom is 0.317 e. The number of fused-ring (bicyclic) bond motifs is 1. The molecular formula is C25H24FN5O2. The van der Waals surface area contributed by atoms with E-state index in [4.69, 9.17) is 9.72 Å². The van der Waals surface area contributed by atoms with Gasteiger partial charge in [0.15, 0.2) is 5.65 Å². The molecule has 4 aromatic rings. The van der Waals surface area contributed by atoms with Crippen LogP contribution in [0.1, 0.15) is 18.0 Å². The van der Waals surface area contributed by atoms with Gasteiger partial charge in [-0.05, 0) is 60.5 Å². The molecule has 2 amide bonds. The Kier molecular flexibility index (Phi) is 5.64. The number of amides is 2. The summed E-state index contributed by atoms with van der Waals surface area (Å²) >= 11 is 0. The molecule has 8 heteroatoms. The van der Waals surface area contributed by atoms with Gasteiger partial charge in [0.25, 0.3) is 0 Å². The number of nitrogens with one attached hydrogen (secondary N) is 1. The van der Waals surface area contributed by atoms with Crippen molar-refractivity contribution in [2.75, 3.05) is 20.2 Å². The molecule has 1 atom stereocenters. The molecule has 0 aliphatic carbocycles. The van der Waals surface area contributed by atoms with E-state index < -0.39 is 0 Å². The molecule has 33 heavy (non-hydrogen) atoms. The summed E-state index contributed by atoms with van der Waals surface area (Å²) in [5, 5.41) is 2.90. The van der Waals surface area contributed by atoms with E-state index in [2.05, 4.69) is 14.9 Å². The van der Waals surface area contributed by atoms with E-state index in [-0.39, 0.29) is 24.4 Å². The Bertz CT molecular complexity index is 1290. The van der Waals surface area contributed by atoms with Crippen LogP contribution in [0.2, 0.25) is 0 Å². The third-order valence-corrected chi connectivity index (χ3v) is 5.95. The molecule has 1 fully saturated rings. The Morgan fingerprint density at radius 2 is 2.03 bits per heavy atom. The van der Waals surface area contributed by atoms with E-state index in [9.17, 15) is 9.18 Å². The van der Waals surface area contributed by atoms with Gasteiger partial charge in [-0.2, -0.15) is 0 Å². The number of likely N-dealkylation sites (tertiary alicyclic amines) is 1. The Morgan fingerprint density at radius 1 is 1.18 bits per heavy atom. The number of nitrogens with zero attached hydrogens (tertiary/aromatic N) is 4. The third-order valence-electron chi connectivity index (χ3n) is 5.95. The molecule has 3 heterocycles. The van der Waals surface area contributed by atoms with Crippen molar-refractivity contribution >= 4 is 17.2 Å². The topological polar surface area (TPSA) is 72.3 Å². The maximum atomic E-state index is 13.4. The van der Waals surface area contributed by atoms with Gasteiger partial charge in [-0.15, -0.1) is 0 Å². The highest BCUT2D eigenvalue weighted by atomic mass is 19.1. The molecule has 0 spiro atoms. The van der Waals surface area contributed by atoms with Crippen LogP contribution in [0.3, 0.4) is 0 Å². The fourth-order valence-electron chi connectivity index (χ4n) is 4.29. The van der Waals surface area contributed by atoms with E-state index in [1.165, 1.54) is 12.1 Å². The monoisotopic (exact) mass is 445 g/mol. The Morgan fingerprint density at radius 3 is 2.82 bits per heavy atom. The van der Waals surface area contributed by atoms with Crippen molar-refractivity contribution in [3.63, 3.8) is 0 Å². The average Bonchev–Trinajstić information content (AvgIpc) is 3.47. The van der Waals surface area contributed by atoms with Crippen LogP contribution in [0.4, 0.5) is 9.18 Å². The number of methoxy groups -OCH3 is 1. The Balaban J connectivity index is 1.37. The van der Waals surface area contributed by atoms with Crippen molar-refractivity contribution in [2.45, 2.75) is 19.0 Å². The van der Waals surface area contributed by atoms with Crippen LogP contribution < -0.4 is 10.1 Å². The number of benzene rings is 2. The molecule has 0 radical (unpaired) electrons. The predicted octanol–water partition coefficient (Wildman–Crippen LogP) is 4.40. The number of rotatable bonds is 5. The summed E-state index contributed by atoms with van der Waals surface area (Å²) in [7, 11) is 1.64. The van der Waals surface area contributed by atoms with Crippen molar-refractivity contribution in [1.29, 1.82) is 0 Å². The second kappa shape index (κ2) is 8.90. The summed E-state index contributed by atoms with van der Waals surface area (Å²) in [5.74, 6) is 1.29. The van der Waals surface area contributed by atoms with Crippen LogP contribution in [0.25, 0.3) is 22.6 Å². The minimum atomic E-state index is -0.312. The molecule has 2 aromatic carbocycles. The number of pyridine rings is 1. The second-order valence-corrected chi connectivity index (χ2v) is 8.06. The van der Waals surface area contributed by atoms with Crippen molar-refractivity contribution in [1.82, 2.24) is 24.8 Å². The highest BCUT2D eigenvalue weighted by Crippen LogP contribution is 2.32. The number of imidazole rings is 1. The molecule has 0 saturated carbocycles. The van der Waals surface area contributed by atoms with Crippen molar-refractivity contribution in [3.05, 3.63) is 78.2 Å². The number of hydrogen-bond donors (Lipinski definition) is 1. The van der Waals surface area contributed by atoms with E-state index in [1.54, 1.807) is 30.3 Å². The van der Waals surface area contributed by atoms with Gasteiger partial charge in [-0.1, -0.05) is 12.1 Å². The van der Waals surface area contributed by atoms with Crippen molar-refractivity contribution in [2.24, 2.45) is 0 Å². The predicted molar refractivity (Wildman–Crippen MR) is 123 cm³/mol. The SMILES string of the molecule is COc1ccc(-c2nc3cccnc3n2[C@@H]2CCN(C(=O)NCc3cccc(F)c3)C2)cc1. The first kappa shape index (κ1) is 20.9.